The van der Waals surface area contributed by atoms with E-state index < -0.39 is 0 Å². The minimum Gasteiger partial charge on any atom is -0.341 e. The summed E-state index contributed by atoms with van der Waals surface area (Å²) in [5, 5.41) is 0. The van der Waals surface area contributed by atoms with Gasteiger partial charge in [0.1, 0.15) is 7.85 Å². The smallest absolute Gasteiger partial charge is 0.225 e. The van der Waals surface area contributed by atoms with Gasteiger partial charge in [-0.05, 0) is 6.42 Å². The summed E-state index contributed by atoms with van der Waals surface area (Å²) >= 11 is 0. The van der Waals surface area contributed by atoms with Gasteiger partial charge >= 0.3 is 0 Å². The van der Waals surface area contributed by atoms with Gasteiger partial charge in [-0.1, -0.05) is 5.46 Å². The fraction of sp³-hybridized carbons (Fsp3) is 0.429. The van der Waals surface area contributed by atoms with Crippen molar-refractivity contribution in [1.29, 1.82) is 0 Å². The summed E-state index contributed by atoms with van der Waals surface area (Å²) in [5.41, 5.74) is 0.620. The highest BCUT2D eigenvalue weighted by molar-refractivity contribution is 6.31. The van der Waals surface area contributed by atoms with Gasteiger partial charge in [0.2, 0.25) is 5.95 Å². The van der Waals surface area contributed by atoms with Crippen LogP contribution in [0.5, 0.6) is 0 Å². The molecule has 0 N–H and O–H groups in total. The van der Waals surface area contributed by atoms with Gasteiger partial charge in [-0.2, -0.15) is 0 Å². The first-order valence-electron chi connectivity index (χ1n) is 3.69. The Bertz CT molecular complexity index is 242. The van der Waals surface area contributed by atoms with Gasteiger partial charge < -0.3 is 4.90 Å². The summed E-state index contributed by atoms with van der Waals surface area (Å²) in [5.74, 6) is 0.797. The van der Waals surface area contributed by atoms with E-state index in [0.717, 1.165) is 19.0 Å². The van der Waals surface area contributed by atoms with E-state index in [-0.39, 0.29) is 0 Å². The Labute approximate surface area is 66.9 Å². The molecule has 4 heteroatoms. The second-order valence-corrected chi connectivity index (χ2v) is 2.66. The van der Waals surface area contributed by atoms with Crippen LogP contribution in [0.25, 0.3) is 0 Å². The van der Waals surface area contributed by atoms with Crippen molar-refractivity contribution in [2.24, 2.45) is 0 Å². The van der Waals surface area contributed by atoms with Gasteiger partial charge in [0.05, 0.1) is 0 Å². The van der Waals surface area contributed by atoms with E-state index in [9.17, 15) is 0 Å². The number of aromatic nitrogens is 2. The van der Waals surface area contributed by atoms with Crippen molar-refractivity contribution in [1.82, 2.24) is 9.97 Å². The monoisotopic (exact) mass is 145 g/mol. The predicted octanol–water partition coefficient (Wildman–Crippen LogP) is -0.520. The zero-order valence-corrected chi connectivity index (χ0v) is 6.20. The van der Waals surface area contributed by atoms with Crippen LogP contribution in [0.15, 0.2) is 12.4 Å². The highest BCUT2D eigenvalue weighted by Gasteiger charge is 2.15. The number of anilines is 1. The van der Waals surface area contributed by atoms with E-state index in [1.807, 2.05) is 0 Å². The van der Waals surface area contributed by atoms with Crippen molar-refractivity contribution < 1.29 is 0 Å². The van der Waals surface area contributed by atoms with Gasteiger partial charge in [-0.3, -0.25) is 0 Å². The van der Waals surface area contributed by atoms with Crippen LogP contribution in [-0.4, -0.2) is 30.9 Å². The quantitative estimate of drug-likeness (QED) is 0.498. The average molecular weight is 145 g/mol. The maximum absolute atomic E-state index is 5.44. The molecule has 11 heavy (non-hydrogen) atoms. The van der Waals surface area contributed by atoms with Crippen molar-refractivity contribution in [3.05, 3.63) is 12.4 Å². The second kappa shape index (κ2) is 2.53. The molecule has 1 saturated heterocycles. The lowest BCUT2D eigenvalue weighted by Crippen LogP contribution is -2.38. The molecular weight excluding hydrogens is 137 g/mol. The third kappa shape index (κ3) is 1.20. The van der Waals surface area contributed by atoms with Crippen LogP contribution in [0.3, 0.4) is 0 Å². The summed E-state index contributed by atoms with van der Waals surface area (Å²) in [6.07, 6.45) is 4.52. The second-order valence-electron chi connectivity index (χ2n) is 2.66. The molecule has 2 radical (unpaired) electrons. The Morgan fingerprint density at radius 2 is 1.91 bits per heavy atom. The summed E-state index contributed by atoms with van der Waals surface area (Å²) < 4.78 is 0. The molecule has 2 rings (SSSR count). The fourth-order valence-corrected chi connectivity index (χ4v) is 1.01. The maximum atomic E-state index is 5.44. The summed E-state index contributed by atoms with van der Waals surface area (Å²) in [6, 6.07) is 0. The van der Waals surface area contributed by atoms with Crippen LogP contribution in [0.4, 0.5) is 5.95 Å². The molecular formula is C7H8BN3. The Kier molecular flexibility index (Phi) is 1.53. The van der Waals surface area contributed by atoms with Crippen LogP contribution in [0.1, 0.15) is 6.42 Å². The molecule has 0 saturated carbocycles. The van der Waals surface area contributed by atoms with Gasteiger partial charge in [-0.25, -0.2) is 9.97 Å². The zero-order chi connectivity index (χ0) is 7.68. The van der Waals surface area contributed by atoms with Gasteiger partial charge in [0, 0.05) is 25.5 Å². The lowest BCUT2D eigenvalue weighted by molar-refractivity contribution is 0.600. The van der Waals surface area contributed by atoms with Gasteiger partial charge in [0.25, 0.3) is 0 Å². The van der Waals surface area contributed by atoms with Crippen molar-refractivity contribution in [3.63, 3.8) is 0 Å². The van der Waals surface area contributed by atoms with Crippen LogP contribution in [0.2, 0.25) is 0 Å². The molecule has 0 aromatic carbocycles. The summed E-state index contributed by atoms with van der Waals surface area (Å²) in [4.78, 5) is 10.3. The Balaban J connectivity index is 2.18. The first-order chi connectivity index (χ1) is 5.36. The van der Waals surface area contributed by atoms with E-state index in [2.05, 4.69) is 14.9 Å². The Morgan fingerprint density at radius 1 is 1.27 bits per heavy atom. The van der Waals surface area contributed by atoms with Gasteiger partial charge in [-0.15, -0.1) is 0 Å². The van der Waals surface area contributed by atoms with Crippen molar-refractivity contribution in [2.75, 3.05) is 18.0 Å². The van der Waals surface area contributed by atoms with Crippen molar-refractivity contribution in [2.45, 2.75) is 6.42 Å². The molecule has 0 amide bonds. The fourth-order valence-electron chi connectivity index (χ4n) is 1.01. The number of nitrogens with zero attached hydrogens (tertiary/aromatic N) is 3. The lowest BCUT2D eigenvalue weighted by atomic mass is 10.0. The van der Waals surface area contributed by atoms with Crippen LogP contribution in [0, 0.1) is 0 Å². The minimum absolute atomic E-state index is 0.620. The molecule has 0 spiro atoms. The van der Waals surface area contributed by atoms with Crippen LogP contribution in [-0.2, 0) is 0 Å². The SMILES string of the molecule is [B]c1cnc(N2CCC2)nc1. The van der Waals surface area contributed by atoms with E-state index in [1.54, 1.807) is 12.4 Å². The molecule has 1 aliphatic heterocycles. The van der Waals surface area contributed by atoms with Crippen molar-refractivity contribution >= 4 is 19.3 Å². The molecule has 1 fully saturated rings. The topological polar surface area (TPSA) is 29.0 Å². The van der Waals surface area contributed by atoms with E-state index >= 15 is 0 Å². The molecule has 2 heterocycles. The third-order valence-corrected chi connectivity index (χ3v) is 1.80. The standard InChI is InChI=1S/C7H8BN3/c8-6-4-9-7(10-5-6)11-2-1-3-11/h4-5H,1-3H2. The highest BCUT2D eigenvalue weighted by Crippen LogP contribution is 2.12. The van der Waals surface area contributed by atoms with Crippen LogP contribution < -0.4 is 10.4 Å². The Morgan fingerprint density at radius 3 is 2.36 bits per heavy atom. The van der Waals surface area contributed by atoms with E-state index in [1.165, 1.54) is 6.42 Å². The average Bonchev–Trinajstić information content (AvgIpc) is 1.90. The molecule has 0 bridgehead atoms. The highest BCUT2D eigenvalue weighted by atomic mass is 15.3. The lowest BCUT2D eigenvalue weighted by Gasteiger charge is -2.30. The molecule has 1 aromatic rings. The number of hydrogen-bond acceptors (Lipinski definition) is 3. The maximum Gasteiger partial charge on any atom is 0.225 e. The largest absolute Gasteiger partial charge is 0.341 e. The molecule has 0 atom stereocenters. The molecule has 3 nitrogen and oxygen atoms in total. The van der Waals surface area contributed by atoms with E-state index in [0.29, 0.717) is 5.46 Å². The van der Waals surface area contributed by atoms with Crippen molar-refractivity contribution in [3.8, 4) is 0 Å². The molecule has 1 aromatic heterocycles. The summed E-state index contributed by atoms with van der Waals surface area (Å²) in [6.45, 7) is 2.15. The minimum atomic E-state index is 0.620. The molecule has 0 aliphatic carbocycles. The normalized spacial score (nSPS) is 16.2. The number of hydrogen-bond donors (Lipinski definition) is 0. The zero-order valence-electron chi connectivity index (χ0n) is 6.20. The first-order valence-corrected chi connectivity index (χ1v) is 3.69. The third-order valence-electron chi connectivity index (χ3n) is 1.80. The molecule has 54 valence electrons. The van der Waals surface area contributed by atoms with E-state index in [4.69, 9.17) is 7.85 Å². The number of rotatable bonds is 1. The predicted molar refractivity (Wildman–Crippen MR) is 44.3 cm³/mol. The van der Waals surface area contributed by atoms with Crippen LogP contribution >= 0.6 is 0 Å². The Hall–Kier alpha value is -1.06. The first kappa shape index (κ1) is 6.64. The summed E-state index contributed by atoms with van der Waals surface area (Å²) in [7, 11) is 5.44. The molecule has 0 unspecified atom stereocenters. The van der Waals surface area contributed by atoms with Gasteiger partial charge in [0.15, 0.2) is 0 Å². The molecule has 1 aliphatic rings.